The number of ether oxygens (including phenoxy) is 5. The molecular formula is C69H82F2N12O10S. The number of nitrogens with one attached hydrogen (secondary N) is 1. The molecule has 1 saturated carbocycles. The van der Waals surface area contributed by atoms with Crippen LogP contribution in [0, 0.1) is 25.6 Å². The van der Waals surface area contributed by atoms with E-state index in [1.807, 2.05) is 102 Å². The fraction of sp³-hybridized carbons (Fsp3) is 0.493. The molecule has 25 heteroatoms. The van der Waals surface area contributed by atoms with Gasteiger partial charge in [0.25, 0.3) is 0 Å². The number of fused-ring (bicyclic) bond motifs is 2. The highest BCUT2D eigenvalue weighted by molar-refractivity contribution is 7.13. The van der Waals surface area contributed by atoms with Crippen LogP contribution < -0.4 is 19.7 Å². The van der Waals surface area contributed by atoms with Crippen LogP contribution in [0.2, 0.25) is 0 Å². The van der Waals surface area contributed by atoms with E-state index in [1.165, 1.54) is 34.1 Å². The molecule has 7 atom stereocenters. The Labute approximate surface area is 548 Å². The van der Waals surface area contributed by atoms with Gasteiger partial charge >= 0.3 is 12.1 Å². The van der Waals surface area contributed by atoms with Crippen LogP contribution in [0.25, 0.3) is 54.6 Å². The van der Waals surface area contributed by atoms with Crippen LogP contribution in [0.1, 0.15) is 132 Å². The van der Waals surface area contributed by atoms with Gasteiger partial charge in [0, 0.05) is 86.4 Å². The van der Waals surface area contributed by atoms with E-state index in [-0.39, 0.29) is 62.9 Å². The van der Waals surface area contributed by atoms with Crippen LogP contribution in [0.15, 0.2) is 78.6 Å². The van der Waals surface area contributed by atoms with Crippen molar-refractivity contribution in [3.63, 3.8) is 0 Å². The number of alkyl halides is 1. The molecule has 4 aliphatic rings. The van der Waals surface area contributed by atoms with Gasteiger partial charge in [0.05, 0.1) is 52.7 Å². The number of carbonyl (C=O) groups excluding carboxylic acids is 3. The maximum atomic E-state index is 17.0. The summed E-state index contributed by atoms with van der Waals surface area (Å²) in [5, 5.41) is 39.6. The molecule has 3 saturated heterocycles. The number of hydrogen-bond donors (Lipinski definition) is 3. The average molecular weight is 1310 g/mol. The van der Waals surface area contributed by atoms with Crippen molar-refractivity contribution in [2.45, 2.75) is 154 Å². The molecule has 7 heterocycles. The highest BCUT2D eigenvalue weighted by Crippen LogP contribution is 2.54. The molecule has 0 bridgehead atoms. The monoisotopic (exact) mass is 1310 g/mol. The molecule has 4 aromatic heterocycles. The zero-order valence-electron chi connectivity index (χ0n) is 54.6. The Kier molecular flexibility index (Phi) is 19.3. The van der Waals surface area contributed by atoms with E-state index in [9.17, 15) is 29.0 Å². The number of likely N-dealkylation sites (N-methyl/N-ethyl adjacent to an activating group) is 1. The molecule has 0 radical (unpaired) electrons. The van der Waals surface area contributed by atoms with Crippen LogP contribution in [-0.2, 0) is 30.4 Å². The zero-order chi connectivity index (χ0) is 66.3. The molecule has 0 spiro atoms. The van der Waals surface area contributed by atoms with Crippen molar-refractivity contribution in [1.82, 2.24) is 54.8 Å². The van der Waals surface area contributed by atoms with Crippen molar-refractivity contribution in [2.75, 3.05) is 65.2 Å². The summed E-state index contributed by atoms with van der Waals surface area (Å²) in [5.74, 6) is -0.768. The van der Waals surface area contributed by atoms with E-state index in [0.717, 1.165) is 59.4 Å². The molecule has 498 valence electrons. The lowest BCUT2D eigenvalue weighted by Crippen LogP contribution is -2.50. The van der Waals surface area contributed by atoms with Crippen molar-refractivity contribution >= 4 is 56.9 Å². The number of likely N-dealkylation sites (tertiary alicyclic amines) is 2. The van der Waals surface area contributed by atoms with E-state index in [0.29, 0.717) is 93.0 Å². The van der Waals surface area contributed by atoms with Gasteiger partial charge < -0.3 is 53.9 Å². The first-order valence-corrected chi connectivity index (χ1v) is 33.2. The average Bonchev–Trinajstić information content (AvgIpc) is 0.795. The quantitative estimate of drug-likeness (QED) is 0.0571. The lowest BCUT2D eigenvalue weighted by molar-refractivity contribution is -0.142. The van der Waals surface area contributed by atoms with Crippen LogP contribution in [0.4, 0.5) is 19.4 Å². The van der Waals surface area contributed by atoms with Gasteiger partial charge in [-0.05, 0) is 119 Å². The minimum atomic E-state index is -1.02. The Balaban J connectivity index is 0.865. The summed E-state index contributed by atoms with van der Waals surface area (Å²) in [7, 11) is 3.32. The Morgan fingerprint density at radius 2 is 1.71 bits per heavy atom. The number of aromatic nitrogens is 8. The molecule has 94 heavy (non-hydrogen) atoms. The predicted octanol–water partition coefficient (Wildman–Crippen LogP) is 10.8. The molecule has 1 unspecified atom stereocenters. The van der Waals surface area contributed by atoms with E-state index in [1.54, 1.807) is 34.4 Å². The van der Waals surface area contributed by atoms with Crippen LogP contribution in [0.3, 0.4) is 0 Å². The number of nitrogens with zero attached hydrogens (tertiary/aromatic N) is 11. The molecular weight excluding hydrogens is 1230 g/mol. The number of aliphatic hydroxyl groups is 2. The molecule has 3 amide bonds. The zero-order valence-corrected chi connectivity index (χ0v) is 55.4. The number of thiazole rings is 1. The fourth-order valence-electron chi connectivity index (χ4n) is 13.1. The largest absolute Gasteiger partial charge is 0.486 e. The molecule has 4 aromatic carbocycles. The summed E-state index contributed by atoms with van der Waals surface area (Å²) >= 11 is 1.53. The number of amides is 3. The standard InChI is InChI=1S/C69H82F2N12O10S/c1-38(2)61(66(87)81-32-47(85)26-56(81)65(86)74-54(34-84)44-19-21-45(22-20-44)63-40(4)72-37-94-63)82-33-53(77-78-82)43-15-13-41(14-16-43)35-91-62-59(58-39(3)52(71)28-55-51(58)30-73-83(55)57-12-10-11-25-90-57)49(42-17-18-42)27-50-60(62)75-67(92-36-48(29-70)89-9)76-64(50)79(8)46-23-24-80(31-46)68(88)93-69(5,6)7/h13-16,19-22,27-28,30,33,37-38,42,46-48,54,56-57,61,84-85H,10-12,17-18,23-26,29,31-32,34-36H2,1-9H3,(H,74,86)/t46-,47+,48+,54-,56-,57?,61-/m0/s1. The maximum Gasteiger partial charge on any atom is 0.410 e. The number of β-amino-alcohol motifs (C(OH)–C–C–N with tert-alkyl or cyclic N) is 1. The summed E-state index contributed by atoms with van der Waals surface area (Å²) in [6.45, 7) is 12.8. The second-order valence-corrected chi connectivity index (χ2v) is 27.3. The van der Waals surface area contributed by atoms with Gasteiger partial charge in [-0.2, -0.15) is 15.1 Å². The summed E-state index contributed by atoms with van der Waals surface area (Å²) in [6, 6.07) is 15.7. The molecule has 8 aromatic rings. The molecule has 3 N–H and O–H groups in total. The Morgan fingerprint density at radius 1 is 0.947 bits per heavy atom. The Bertz CT molecular complexity index is 4050. The van der Waals surface area contributed by atoms with Gasteiger partial charge in [0.15, 0.2) is 12.0 Å². The first kappa shape index (κ1) is 65.8. The SMILES string of the molecule is CO[C@H](CF)COc1nc(N(C)[C@H]2CCN(C(=O)OC(C)(C)C)C2)c2cc(C3CC3)c(-c3c(C)c(F)cc4c3cnn4C3CCCCO3)c(OCc3ccc(-c4cn([C@H](C(=O)N5C[C@H](O)C[C@H]5C(=O)N[C@@H](CO)c5ccc(-c6scnc6C)cc5)C(C)C)nn4)cc3)c2n1. The van der Waals surface area contributed by atoms with Crippen molar-refractivity contribution in [1.29, 1.82) is 0 Å². The normalized spacial score (nSPS) is 19.5. The van der Waals surface area contributed by atoms with Crippen molar-refractivity contribution < 1.29 is 57.1 Å². The Morgan fingerprint density at radius 3 is 2.38 bits per heavy atom. The molecule has 22 nitrogen and oxygen atoms in total. The van der Waals surface area contributed by atoms with E-state index >= 15 is 4.39 Å². The summed E-state index contributed by atoms with van der Waals surface area (Å²) in [4.78, 5) is 62.9. The van der Waals surface area contributed by atoms with Crippen molar-refractivity contribution in [3.8, 4) is 44.6 Å². The smallest absolute Gasteiger partial charge is 0.410 e. The number of anilines is 1. The maximum absolute atomic E-state index is 17.0. The highest BCUT2D eigenvalue weighted by Gasteiger charge is 2.44. The number of carbonyl (C=O) groups is 3. The van der Waals surface area contributed by atoms with Crippen LogP contribution in [-0.4, -0.2) is 168 Å². The van der Waals surface area contributed by atoms with E-state index < -0.39 is 66.3 Å². The first-order chi connectivity index (χ1) is 45.2. The molecule has 4 fully saturated rings. The first-order valence-electron chi connectivity index (χ1n) is 32.3. The lowest BCUT2D eigenvalue weighted by atomic mass is 9.88. The minimum Gasteiger partial charge on any atom is -0.486 e. The molecule has 3 aliphatic heterocycles. The second-order valence-electron chi connectivity index (χ2n) is 26.5. The lowest BCUT2D eigenvalue weighted by Gasteiger charge is -2.30. The number of benzene rings is 4. The fourth-order valence-corrected chi connectivity index (χ4v) is 13.9. The molecule has 1 aliphatic carbocycles. The predicted molar refractivity (Wildman–Crippen MR) is 351 cm³/mol. The number of methoxy groups -OCH3 is 1. The Hall–Kier alpha value is -8.23. The van der Waals surface area contributed by atoms with Gasteiger partial charge in [-0.3, -0.25) is 9.59 Å². The third-order valence-electron chi connectivity index (χ3n) is 18.3. The van der Waals surface area contributed by atoms with Crippen LogP contribution in [0.5, 0.6) is 11.8 Å². The van der Waals surface area contributed by atoms with Gasteiger partial charge in [-0.1, -0.05) is 67.6 Å². The summed E-state index contributed by atoms with van der Waals surface area (Å²) in [6.07, 6.45) is 5.72. The van der Waals surface area contributed by atoms with Crippen molar-refractivity contribution in [3.05, 3.63) is 112 Å². The number of rotatable bonds is 22. The van der Waals surface area contributed by atoms with E-state index in [4.69, 9.17) is 38.8 Å². The second kappa shape index (κ2) is 27.6. The summed E-state index contributed by atoms with van der Waals surface area (Å²) in [5.41, 5.74) is 9.03. The third kappa shape index (κ3) is 13.7. The van der Waals surface area contributed by atoms with Gasteiger partial charge in [-0.15, -0.1) is 16.4 Å². The minimum absolute atomic E-state index is 0.00122. The van der Waals surface area contributed by atoms with Gasteiger partial charge in [0.2, 0.25) is 11.8 Å². The summed E-state index contributed by atoms with van der Waals surface area (Å²) < 4.78 is 65.3. The van der Waals surface area contributed by atoms with Gasteiger partial charge in [0.1, 0.15) is 66.5 Å². The third-order valence-corrected chi connectivity index (χ3v) is 19.3. The topological polar surface area (TPSA) is 247 Å². The van der Waals surface area contributed by atoms with E-state index in [2.05, 4.69) is 26.7 Å². The van der Waals surface area contributed by atoms with Crippen LogP contribution >= 0.6 is 11.3 Å². The number of aliphatic hydroxyl groups excluding tert-OH is 2. The number of hydrogen-bond acceptors (Lipinski definition) is 18. The van der Waals surface area contributed by atoms with Crippen molar-refractivity contribution in [2.24, 2.45) is 5.92 Å². The number of halogens is 2. The molecule has 12 rings (SSSR count). The highest BCUT2D eigenvalue weighted by atomic mass is 32.1. The van der Waals surface area contributed by atoms with Gasteiger partial charge in [-0.25, -0.2) is 27.9 Å². The number of aryl methyl sites for hydroxylation is 1.